The molecule has 5 nitrogen and oxygen atoms in total. The van der Waals surface area contributed by atoms with Crippen molar-refractivity contribution in [1.82, 2.24) is 4.90 Å². The average molecular weight is 174 g/mol. The Morgan fingerprint density at radius 2 is 2.25 bits per heavy atom. The molecule has 0 unspecified atom stereocenters. The van der Waals surface area contributed by atoms with Gasteiger partial charge in [-0.2, -0.15) is 0 Å². The van der Waals surface area contributed by atoms with Gasteiger partial charge in [-0.15, -0.1) is 10.1 Å². The summed E-state index contributed by atoms with van der Waals surface area (Å²) in [5, 5.41) is 9.10. The SMILES string of the molecule is CC(C)N1CC(CO[N+](=O)[O-])C1. The number of likely N-dealkylation sites (tertiary alicyclic amines) is 1. The van der Waals surface area contributed by atoms with Crippen LogP contribution in [0.15, 0.2) is 0 Å². The normalized spacial score (nSPS) is 19.2. The Morgan fingerprint density at radius 3 is 2.67 bits per heavy atom. The third-order valence-electron chi connectivity index (χ3n) is 2.13. The standard InChI is InChI=1S/C7H14N2O3/c1-6(2)8-3-7(4-8)5-12-9(10)11/h6-7H,3-5H2,1-2H3. The predicted molar refractivity (Wildman–Crippen MR) is 43.1 cm³/mol. The van der Waals surface area contributed by atoms with E-state index in [1.807, 2.05) is 0 Å². The Morgan fingerprint density at radius 1 is 1.67 bits per heavy atom. The van der Waals surface area contributed by atoms with Crippen LogP contribution in [0.5, 0.6) is 0 Å². The lowest BCUT2D eigenvalue weighted by molar-refractivity contribution is -0.759. The Labute approximate surface area is 71.4 Å². The molecule has 0 aromatic carbocycles. The van der Waals surface area contributed by atoms with Gasteiger partial charge in [0.2, 0.25) is 0 Å². The van der Waals surface area contributed by atoms with Crippen molar-refractivity contribution in [2.75, 3.05) is 19.7 Å². The molecule has 5 heteroatoms. The first-order valence-corrected chi connectivity index (χ1v) is 4.11. The second-order valence-electron chi connectivity index (χ2n) is 3.43. The summed E-state index contributed by atoms with van der Waals surface area (Å²) in [4.78, 5) is 16.4. The van der Waals surface area contributed by atoms with E-state index in [1.165, 1.54) is 0 Å². The molecule has 1 rings (SSSR count). The molecule has 0 aliphatic carbocycles. The van der Waals surface area contributed by atoms with E-state index in [0.717, 1.165) is 13.1 Å². The minimum absolute atomic E-state index is 0.246. The van der Waals surface area contributed by atoms with Gasteiger partial charge in [0.1, 0.15) is 6.61 Å². The second-order valence-corrected chi connectivity index (χ2v) is 3.43. The maximum Gasteiger partial charge on any atom is 0.294 e. The van der Waals surface area contributed by atoms with E-state index in [0.29, 0.717) is 12.0 Å². The second kappa shape index (κ2) is 3.71. The number of rotatable bonds is 4. The van der Waals surface area contributed by atoms with Gasteiger partial charge in [-0.1, -0.05) is 0 Å². The average Bonchev–Trinajstić information content (AvgIpc) is 1.82. The van der Waals surface area contributed by atoms with Crippen LogP contribution >= 0.6 is 0 Å². The minimum Gasteiger partial charge on any atom is -0.314 e. The van der Waals surface area contributed by atoms with E-state index in [4.69, 9.17) is 0 Å². The molecular weight excluding hydrogens is 160 g/mol. The van der Waals surface area contributed by atoms with Gasteiger partial charge >= 0.3 is 0 Å². The number of hydrogen-bond acceptors (Lipinski definition) is 4. The molecule has 1 heterocycles. The molecule has 0 N–H and O–H groups in total. The van der Waals surface area contributed by atoms with Crippen molar-refractivity contribution in [1.29, 1.82) is 0 Å². The van der Waals surface area contributed by atoms with Crippen LogP contribution in [0.3, 0.4) is 0 Å². The molecule has 1 aliphatic heterocycles. The summed E-state index contributed by atoms with van der Waals surface area (Å²) in [6.45, 7) is 6.32. The highest BCUT2D eigenvalue weighted by molar-refractivity contribution is 4.81. The van der Waals surface area contributed by atoms with Gasteiger partial charge in [0.25, 0.3) is 5.09 Å². The Kier molecular flexibility index (Phi) is 2.86. The van der Waals surface area contributed by atoms with Gasteiger partial charge < -0.3 is 9.74 Å². The smallest absolute Gasteiger partial charge is 0.294 e. The Bertz CT molecular complexity index is 166. The summed E-state index contributed by atoms with van der Waals surface area (Å²) in [7, 11) is 0. The highest BCUT2D eigenvalue weighted by atomic mass is 16.9. The molecule has 1 fully saturated rings. The lowest BCUT2D eigenvalue weighted by Gasteiger charge is -2.41. The molecule has 0 aromatic heterocycles. The van der Waals surface area contributed by atoms with E-state index < -0.39 is 5.09 Å². The van der Waals surface area contributed by atoms with Gasteiger partial charge in [0, 0.05) is 25.0 Å². The summed E-state index contributed by atoms with van der Waals surface area (Å²) in [6, 6.07) is 0.539. The van der Waals surface area contributed by atoms with Gasteiger partial charge in [-0.25, -0.2) is 0 Å². The van der Waals surface area contributed by atoms with Crippen LogP contribution in [0, 0.1) is 16.0 Å². The van der Waals surface area contributed by atoms with E-state index >= 15 is 0 Å². The monoisotopic (exact) mass is 174 g/mol. The van der Waals surface area contributed by atoms with Crippen LogP contribution in [-0.4, -0.2) is 35.7 Å². The Hall–Kier alpha value is -0.840. The zero-order valence-corrected chi connectivity index (χ0v) is 7.40. The summed E-state index contributed by atoms with van der Waals surface area (Å²) in [6.07, 6.45) is 0. The van der Waals surface area contributed by atoms with E-state index in [1.54, 1.807) is 0 Å². The molecule has 1 aliphatic rings. The van der Waals surface area contributed by atoms with Crippen molar-refractivity contribution in [2.24, 2.45) is 5.92 Å². The van der Waals surface area contributed by atoms with Crippen LogP contribution in [-0.2, 0) is 4.84 Å². The van der Waals surface area contributed by atoms with Crippen molar-refractivity contribution in [2.45, 2.75) is 19.9 Å². The highest BCUT2D eigenvalue weighted by Crippen LogP contribution is 2.18. The Balaban J connectivity index is 2.06. The van der Waals surface area contributed by atoms with Crippen LogP contribution in [0.25, 0.3) is 0 Å². The van der Waals surface area contributed by atoms with Gasteiger partial charge in [0.15, 0.2) is 0 Å². The minimum atomic E-state index is -0.724. The lowest BCUT2D eigenvalue weighted by atomic mass is 10.00. The molecule has 0 atom stereocenters. The molecule has 0 spiro atoms. The first-order chi connectivity index (χ1) is 5.59. The zero-order chi connectivity index (χ0) is 9.14. The molecule has 0 amide bonds. The summed E-state index contributed by atoms with van der Waals surface area (Å²) < 4.78 is 0. The molecule has 12 heavy (non-hydrogen) atoms. The van der Waals surface area contributed by atoms with Gasteiger partial charge in [-0.05, 0) is 13.8 Å². The predicted octanol–water partition coefficient (Wildman–Crippen LogP) is 0.535. The van der Waals surface area contributed by atoms with Gasteiger partial charge in [-0.3, -0.25) is 0 Å². The van der Waals surface area contributed by atoms with Crippen LogP contribution in [0.4, 0.5) is 0 Å². The first kappa shape index (κ1) is 9.25. The van der Waals surface area contributed by atoms with Crippen molar-refractivity contribution >= 4 is 0 Å². The van der Waals surface area contributed by atoms with E-state index in [-0.39, 0.29) is 6.61 Å². The molecule has 70 valence electrons. The van der Waals surface area contributed by atoms with Gasteiger partial charge in [0.05, 0.1) is 0 Å². The molecule has 0 radical (unpaired) electrons. The fourth-order valence-corrected chi connectivity index (χ4v) is 1.30. The third kappa shape index (κ3) is 2.34. The molecule has 0 saturated carbocycles. The maximum absolute atomic E-state index is 9.83. The quantitative estimate of drug-likeness (QED) is 0.461. The van der Waals surface area contributed by atoms with Crippen molar-refractivity contribution in [3.63, 3.8) is 0 Å². The topological polar surface area (TPSA) is 55.6 Å². The number of nitrogens with zero attached hydrogens (tertiary/aromatic N) is 2. The molecule has 0 aromatic rings. The van der Waals surface area contributed by atoms with Crippen LogP contribution in [0.2, 0.25) is 0 Å². The molecule has 0 bridgehead atoms. The zero-order valence-electron chi connectivity index (χ0n) is 7.40. The molecular formula is C7H14N2O3. The van der Waals surface area contributed by atoms with Crippen molar-refractivity contribution < 1.29 is 9.92 Å². The first-order valence-electron chi connectivity index (χ1n) is 4.11. The third-order valence-corrected chi connectivity index (χ3v) is 2.13. The summed E-state index contributed by atoms with van der Waals surface area (Å²) in [5.41, 5.74) is 0. The molecule has 1 saturated heterocycles. The summed E-state index contributed by atoms with van der Waals surface area (Å²) in [5.74, 6) is 0.345. The van der Waals surface area contributed by atoms with E-state index in [2.05, 4.69) is 23.6 Å². The van der Waals surface area contributed by atoms with Crippen LogP contribution < -0.4 is 0 Å². The maximum atomic E-state index is 9.83. The number of hydrogen-bond donors (Lipinski definition) is 0. The summed E-state index contributed by atoms with van der Waals surface area (Å²) >= 11 is 0. The van der Waals surface area contributed by atoms with E-state index in [9.17, 15) is 10.1 Å². The fourth-order valence-electron chi connectivity index (χ4n) is 1.30. The highest BCUT2D eigenvalue weighted by Gasteiger charge is 2.28. The van der Waals surface area contributed by atoms with Crippen LogP contribution in [0.1, 0.15) is 13.8 Å². The van der Waals surface area contributed by atoms with Crippen molar-refractivity contribution in [3.05, 3.63) is 10.1 Å². The lowest BCUT2D eigenvalue weighted by Crippen LogP contribution is -2.51. The largest absolute Gasteiger partial charge is 0.314 e. The fraction of sp³-hybridized carbons (Fsp3) is 1.00. The van der Waals surface area contributed by atoms with Crippen molar-refractivity contribution in [3.8, 4) is 0 Å².